The highest BCUT2D eigenvalue weighted by molar-refractivity contribution is 7.90. The van der Waals surface area contributed by atoms with Crippen LogP contribution in [-0.2, 0) is 9.84 Å². The van der Waals surface area contributed by atoms with Gasteiger partial charge in [-0.2, -0.15) is 0 Å². The van der Waals surface area contributed by atoms with Crippen LogP contribution in [0, 0.1) is 5.92 Å². The molecule has 0 radical (unpaired) electrons. The fourth-order valence-electron chi connectivity index (χ4n) is 2.40. The maximum atomic E-state index is 11.6. The normalized spacial score (nSPS) is 15.2. The largest absolute Gasteiger partial charge is 0.313 e. The molecule has 0 aromatic heterocycles. The topological polar surface area (TPSA) is 46.2 Å². The van der Waals surface area contributed by atoms with Crippen LogP contribution >= 0.6 is 0 Å². The highest BCUT2D eigenvalue weighted by atomic mass is 32.2. The summed E-state index contributed by atoms with van der Waals surface area (Å²) in [6, 6.07) is 7.47. The Morgan fingerprint density at radius 1 is 1.32 bits per heavy atom. The second kappa shape index (κ2) is 7.06. The van der Waals surface area contributed by atoms with Crippen LogP contribution in [0.5, 0.6) is 0 Å². The van der Waals surface area contributed by atoms with Crippen molar-refractivity contribution in [1.29, 1.82) is 0 Å². The molecular formula is C15H25NO2S. The van der Waals surface area contributed by atoms with Gasteiger partial charge in [0.05, 0.1) is 4.90 Å². The van der Waals surface area contributed by atoms with E-state index in [0.29, 0.717) is 10.8 Å². The average molecular weight is 283 g/mol. The molecule has 1 N–H and O–H groups in total. The van der Waals surface area contributed by atoms with E-state index >= 15 is 0 Å². The number of nitrogens with one attached hydrogen (secondary N) is 1. The molecule has 1 rings (SSSR count). The Labute approximate surface area is 117 Å². The molecule has 19 heavy (non-hydrogen) atoms. The predicted octanol–water partition coefficient (Wildman–Crippen LogP) is 3.18. The molecule has 4 heteroatoms. The quantitative estimate of drug-likeness (QED) is 0.836. The zero-order valence-corrected chi connectivity index (χ0v) is 13.1. The van der Waals surface area contributed by atoms with Crippen molar-refractivity contribution in [2.24, 2.45) is 5.92 Å². The van der Waals surface area contributed by atoms with Gasteiger partial charge < -0.3 is 5.32 Å². The van der Waals surface area contributed by atoms with Crippen molar-refractivity contribution in [2.45, 2.75) is 44.0 Å². The summed E-state index contributed by atoms with van der Waals surface area (Å²) in [5, 5.41) is 3.29. The van der Waals surface area contributed by atoms with Gasteiger partial charge in [-0.3, -0.25) is 0 Å². The van der Waals surface area contributed by atoms with Crippen LogP contribution in [0.1, 0.15) is 44.7 Å². The number of hydrogen-bond donors (Lipinski definition) is 1. The maximum Gasteiger partial charge on any atom is 0.175 e. The maximum absolute atomic E-state index is 11.6. The molecule has 3 nitrogen and oxygen atoms in total. The fourth-order valence-corrected chi connectivity index (χ4v) is 3.07. The van der Waals surface area contributed by atoms with Crippen LogP contribution in [0.25, 0.3) is 0 Å². The molecule has 1 aromatic rings. The lowest BCUT2D eigenvalue weighted by atomic mass is 9.93. The van der Waals surface area contributed by atoms with Gasteiger partial charge in [-0.1, -0.05) is 38.8 Å². The highest BCUT2D eigenvalue weighted by Crippen LogP contribution is 2.25. The second-order valence-corrected chi connectivity index (χ2v) is 7.33. The van der Waals surface area contributed by atoms with Crippen LogP contribution < -0.4 is 5.32 Å². The summed E-state index contributed by atoms with van der Waals surface area (Å²) in [7, 11) is -1.21. The van der Waals surface area contributed by atoms with Crippen molar-refractivity contribution in [2.75, 3.05) is 13.3 Å². The second-order valence-electron chi connectivity index (χ2n) is 5.32. The van der Waals surface area contributed by atoms with Crippen LogP contribution in [0.4, 0.5) is 0 Å². The Morgan fingerprint density at radius 2 is 2.00 bits per heavy atom. The minimum atomic E-state index is -3.13. The molecule has 0 amide bonds. The molecule has 0 aliphatic heterocycles. The van der Waals surface area contributed by atoms with E-state index in [2.05, 4.69) is 19.2 Å². The third-order valence-corrected chi connectivity index (χ3v) is 4.57. The average Bonchev–Trinajstić information content (AvgIpc) is 2.35. The van der Waals surface area contributed by atoms with Crippen molar-refractivity contribution >= 4 is 9.84 Å². The molecule has 0 aliphatic rings. The Kier molecular flexibility index (Phi) is 6.01. The summed E-state index contributed by atoms with van der Waals surface area (Å²) in [6.07, 6.45) is 4.66. The Balaban J connectivity index is 2.93. The van der Waals surface area contributed by atoms with Gasteiger partial charge in [0.15, 0.2) is 9.84 Å². The molecule has 0 fully saturated rings. The molecular weight excluding hydrogens is 258 g/mol. The molecule has 1 aromatic carbocycles. The molecule has 0 bridgehead atoms. The lowest BCUT2D eigenvalue weighted by molar-refractivity contribution is 0.406. The molecule has 0 saturated heterocycles. The van der Waals surface area contributed by atoms with E-state index in [1.807, 2.05) is 19.2 Å². The van der Waals surface area contributed by atoms with Crippen LogP contribution in [0.15, 0.2) is 29.2 Å². The Hall–Kier alpha value is -0.870. The lowest BCUT2D eigenvalue weighted by Gasteiger charge is -2.21. The van der Waals surface area contributed by atoms with Gasteiger partial charge in [-0.05, 0) is 37.1 Å². The monoisotopic (exact) mass is 283 g/mol. The number of benzene rings is 1. The number of rotatable bonds is 7. The Bertz CT molecular complexity index is 497. The molecule has 2 unspecified atom stereocenters. The van der Waals surface area contributed by atoms with Crippen molar-refractivity contribution in [3.05, 3.63) is 29.8 Å². The molecule has 0 aliphatic carbocycles. The number of sulfone groups is 1. The smallest absolute Gasteiger partial charge is 0.175 e. The summed E-state index contributed by atoms with van der Waals surface area (Å²) in [5.41, 5.74) is 1.05. The van der Waals surface area contributed by atoms with Gasteiger partial charge in [0.25, 0.3) is 0 Å². The first-order valence-corrected chi connectivity index (χ1v) is 8.75. The van der Waals surface area contributed by atoms with E-state index in [4.69, 9.17) is 0 Å². The van der Waals surface area contributed by atoms with E-state index < -0.39 is 9.84 Å². The SMILES string of the molecule is CCCC(C)CC(NC)c1cccc(S(C)(=O)=O)c1. The van der Waals surface area contributed by atoms with Gasteiger partial charge in [-0.25, -0.2) is 8.42 Å². The summed E-state index contributed by atoms with van der Waals surface area (Å²) in [6.45, 7) is 4.43. The molecule has 0 heterocycles. The summed E-state index contributed by atoms with van der Waals surface area (Å²) in [5.74, 6) is 0.629. The minimum absolute atomic E-state index is 0.211. The van der Waals surface area contributed by atoms with E-state index in [1.54, 1.807) is 12.1 Å². The minimum Gasteiger partial charge on any atom is -0.313 e. The molecule has 0 saturated carbocycles. The zero-order valence-electron chi connectivity index (χ0n) is 12.3. The summed E-state index contributed by atoms with van der Waals surface area (Å²) >= 11 is 0. The first-order chi connectivity index (χ1) is 8.88. The van der Waals surface area contributed by atoms with E-state index in [0.717, 1.165) is 12.0 Å². The number of hydrogen-bond acceptors (Lipinski definition) is 3. The van der Waals surface area contributed by atoms with Crippen LogP contribution in [0.2, 0.25) is 0 Å². The Morgan fingerprint density at radius 3 is 2.53 bits per heavy atom. The first kappa shape index (κ1) is 16.2. The van der Waals surface area contributed by atoms with Crippen molar-refractivity contribution in [1.82, 2.24) is 5.32 Å². The van der Waals surface area contributed by atoms with Gasteiger partial charge in [0.2, 0.25) is 0 Å². The van der Waals surface area contributed by atoms with Crippen molar-refractivity contribution < 1.29 is 8.42 Å². The fraction of sp³-hybridized carbons (Fsp3) is 0.600. The zero-order chi connectivity index (χ0) is 14.5. The van der Waals surface area contributed by atoms with E-state index in [1.165, 1.54) is 19.1 Å². The first-order valence-electron chi connectivity index (χ1n) is 6.85. The molecule has 0 spiro atoms. The van der Waals surface area contributed by atoms with Gasteiger partial charge >= 0.3 is 0 Å². The van der Waals surface area contributed by atoms with Crippen molar-refractivity contribution in [3.8, 4) is 0 Å². The molecule has 2 atom stereocenters. The summed E-state index contributed by atoms with van der Waals surface area (Å²) in [4.78, 5) is 0.397. The van der Waals surface area contributed by atoms with Gasteiger partial charge in [-0.15, -0.1) is 0 Å². The highest BCUT2D eigenvalue weighted by Gasteiger charge is 2.15. The summed E-state index contributed by atoms with van der Waals surface area (Å²) < 4.78 is 23.2. The standard InChI is InChI=1S/C15H25NO2S/c1-5-7-12(2)10-15(16-3)13-8-6-9-14(11-13)19(4,17)18/h6,8-9,11-12,15-16H,5,7,10H2,1-4H3. The lowest BCUT2D eigenvalue weighted by Crippen LogP contribution is -2.19. The van der Waals surface area contributed by atoms with Crippen molar-refractivity contribution in [3.63, 3.8) is 0 Å². The van der Waals surface area contributed by atoms with E-state index in [-0.39, 0.29) is 6.04 Å². The van der Waals surface area contributed by atoms with Gasteiger partial charge in [0.1, 0.15) is 0 Å². The van der Waals surface area contributed by atoms with Crippen LogP contribution in [0.3, 0.4) is 0 Å². The van der Waals surface area contributed by atoms with Gasteiger partial charge in [0, 0.05) is 12.3 Å². The third-order valence-electron chi connectivity index (χ3n) is 3.46. The predicted molar refractivity (Wildman–Crippen MR) is 80.0 cm³/mol. The third kappa shape index (κ3) is 4.96. The molecule has 108 valence electrons. The van der Waals surface area contributed by atoms with Crippen LogP contribution in [-0.4, -0.2) is 21.7 Å². The van der Waals surface area contributed by atoms with E-state index in [9.17, 15) is 8.42 Å².